The molecule has 1 saturated heterocycles. The van der Waals surface area contributed by atoms with Crippen LogP contribution in [0.3, 0.4) is 0 Å². The largest absolute Gasteiger partial charge is 0.632 e. The third-order valence-corrected chi connectivity index (χ3v) is 6.04. The summed E-state index contributed by atoms with van der Waals surface area (Å²) in [5.41, 5.74) is 7.50. The summed E-state index contributed by atoms with van der Waals surface area (Å²) in [6.45, 7) is 1.61. The van der Waals surface area contributed by atoms with E-state index in [1.54, 1.807) is 24.5 Å². The molecule has 28 heavy (non-hydrogen) atoms. The molecular formula is C16H20N8O3S. The van der Waals surface area contributed by atoms with E-state index in [2.05, 4.69) is 25.1 Å². The SMILES string of the molecule is Nc1nc2ccc(-c3cncc(S(=O)(=O)NCC[N+]4([O-])CCNC4)c3)cn2n1. The van der Waals surface area contributed by atoms with E-state index in [0.29, 0.717) is 36.5 Å². The number of hydrogen-bond donors (Lipinski definition) is 3. The summed E-state index contributed by atoms with van der Waals surface area (Å²) in [5, 5.41) is 19.3. The Morgan fingerprint density at radius 1 is 1.32 bits per heavy atom. The Bertz CT molecular complexity index is 1110. The molecule has 3 aromatic heterocycles. The number of nitrogens with zero attached hydrogens (tertiary/aromatic N) is 5. The number of sulfonamides is 1. The van der Waals surface area contributed by atoms with Gasteiger partial charge in [-0.3, -0.25) is 10.3 Å². The lowest BCUT2D eigenvalue weighted by Gasteiger charge is -2.37. The highest BCUT2D eigenvalue weighted by molar-refractivity contribution is 7.89. The summed E-state index contributed by atoms with van der Waals surface area (Å²) in [7, 11) is -3.78. The van der Waals surface area contributed by atoms with E-state index >= 15 is 0 Å². The molecular weight excluding hydrogens is 384 g/mol. The molecule has 0 saturated carbocycles. The van der Waals surface area contributed by atoms with Gasteiger partial charge in [0.1, 0.15) is 11.6 Å². The highest BCUT2D eigenvalue weighted by Gasteiger charge is 2.23. The number of nitrogens with one attached hydrogen (secondary N) is 2. The predicted octanol–water partition coefficient (Wildman–Crippen LogP) is -0.473. The lowest BCUT2D eigenvalue weighted by molar-refractivity contribution is -0.867. The minimum atomic E-state index is -3.78. The molecule has 4 N–H and O–H groups in total. The number of pyridine rings is 2. The molecule has 1 aliphatic rings. The van der Waals surface area contributed by atoms with Gasteiger partial charge in [-0.25, -0.2) is 17.7 Å². The van der Waals surface area contributed by atoms with Crippen LogP contribution in [0.1, 0.15) is 0 Å². The first-order chi connectivity index (χ1) is 13.3. The predicted molar refractivity (Wildman–Crippen MR) is 102 cm³/mol. The zero-order valence-electron chi connectivity index (χ0n) is 14.9. The summed E-state index contributed by atoms with van der Waals surface area (Å²) in [4.78, 5) is 8.13. The first kappa shape index (κ1) is 18.7. The van der Waals surface area contributed by atoms with Gasteiger partial charge in [0.25, 0.3) is 0 Å². The number of fused-ring (bicyclic) bond motifs is 1. The van der Waals surface area contributed by atoms with E-state index in [4.69, 9.17) is 5.73 Å². The molecule has 4 heterocycles. The van der Waals surface area contributed by atoms with E-state index in [-0.39, 0.29) is 23.9 Å². The van der Waals surface area contributed by atoms with Crippen molar-refractivity contribution >= 4 is 21.6 Å². The maximum atomic E-state index is 12.6. The van der Waals surface area contributed by atoms with Crippen LogP contribution in [0, 0.1) is 5.21 Å². The third kappa shape index (κ3) is 3.81. The van der Waals surface area contributed by atoms with Crippen LogP contribution in [0.5, 0.6) is 0 Å². The minimum absolute atomic E-state index is 0.0280. The van der Waals surface area contributed by atoms with Gasteiger partial charge in [-0.15, -0.1) is 5.10 Å². The molecule has 0 bridgehead atoms. The maximum Gasteiger partial charge on any atom is 0.242 e. The molecule has 1 fully saturated rings. The molecule has 1 aliphatic heterocycles. The summed E-state index contributed by atoms with van der Waals surface area (Å²) in [5.74, 6) is 0.155. The highest BCUT2D eigenvalue weighted by atomic mass is 32.2. The molecule has 3 aromatic rings. The molecule has 1 unspecified atom stereocenters. The minimum Gasteiger partial charge on any atom is -0.632 e. The fraction of sp³-hybridized carbons (Fsp3) is 0.312. The van der Waals surface area contributed by atoms with E-state index in [1.807, 2.05) is 0 Å². The van der Waals surface area contributed by atoms with Crippen molar-refractivity contribution in [1.29, 1.82) is 0 Å². The topological polar surface area (TPSA) is 150 Å². The van der Waals surface area contributed by atoms with Gasteiger partial charge in [-0.05, 0) is 18.2 Å². The van der Waals surface area contributed by atoms with Crippen LogP contribution in [-0.4, -0.2) is 65.5 Å². The van der Waals surface area contributed by atoms with Gasteiger partial charge in [0.2, 0.25) is 16.0 Å². The van der Waals surface area contributed by atoms with Crippen LogP contribution in [0.2, 0.25) is 0 Å². The van der Waals surface area contributed by atoms with Crippen LogP contribution in [-0.2, 0) is 10.0 Å². The Balaban J connectivity index is 1.53. The number of hydroxylamine groups is 3. The molecule has 0 radical (unpaired) electrons. The third-order valence-electron chi connectivity index (χ3n) is 4.61. The number of quaternary nitrogens is 1. The quantitative estimate of drug-likeness (QED) is 0.368. The van der Waals surface area contributed by atoms with Crippen LogP contribution < -0.4 is 15.8 Å². The Labute approximate surface area is 161 Å². The van der Waals surface area contributed by atoms with Crippen molar-refractivity contribution in [2.75, 3.05) is 38.6 Å². The molecule has 12 heteroatoms. The van der Waals surface area contributed by atoms with Crippen LogP contribution in [0.4, 0.5) is 5.95 Å². The van der Waals surface area contributed by atoms with Crippen LogP contribution in [0.15, 0.2) is 41.7 Å². The molecule has 0 spiro atoms. The van der Waals surface area contributed by atoms with Crippen molar-refractivity contribution in [3.05, 3.63) is 42.0 Å². The smallest absolute Gasteiger partial charge is 0.242 e. The maximum absolute atomic E-state index is 12.6. The molecule has 0 aliphatic carbocycles. The normalized spacial score (nSPS) is 20.0. The number of hydrogen-bond acceptors (Lipinski definition) is 8. The first-order valence-corrected chi connectivity index (χ1v) is 10.2. The molecule has 11 nitrogen and oxygen atoms in total. The number of anilines is 1. The summed E-state index contributed by atoms with van der Waals surface area (Å²) in [6.07, 6.45) is 4.54. The average Bonchev–Trinajstić information content (AvgIpc) is 3.26. The average molecular weight is 404 g/mol. The van der Waals surface area contributed by atoms with Gasteiger partial charge in [0.15, 0.2) is 5.65 Å². The fourth-order valence-electron chi connectivity index (χ4n) is 3.10. The fourth-order valence-corrected chi connectivity index (χ4v) is 4.11. The van der Waals surface area contributed by atoms with Gasteiger partial charge in [-0.1, -0.05) is 0 Å². The second kappa shape index (κ2) is 7.07. The molecule has 0 aromatic carbocycles. The first-order valence-electron chi connectivity index (χ1n) is 8.70. The number of nitrogens with two attached hydrogens (primary N) is 1. The van der Waals surface area contributed by atoms with Crippen molar-refractivity contribution in [3.63, 3.8) is 0 Å². The number of rotatable bonds is 6. The lowest BCUT2D eigenvalue weighted by atomic mass is 10.1. The van der Waals surface area contributed by atoms with Gasteiger partial charge in [0.05, 0.1) is 26.2 Å². The van der Waals surface area contributed by atoms with E-state index < -0.39 is 14.7 Å². The van der Waals surface area contributed by atoms with Crippen molar-refractivity contribution < 1.29 is 13.1 Å². The lowest BCUT2D eigenvalue weighted by Crippen LogP contribution is -2.46. The number of aromatic nitrogens is 4. The van der Waals surface area contributed by atoms with Gasteiger partial charge in [-0.2, -0.15) is 4.98 Å². The van der Waals surface area contributed by atoms with Crippen LogP contribution >= 0.6 is 0 Å². The monoisotopic (exact) mass is 404 g/mol. The summed E-state index contributed by atoms with van der Waals surface area (Å²) < 4.78 is 28.7. The van der Waals surface area contributed by atoms with Gasteiger partial charge in [0, 0.05) is 29.7 Å². The van der Waals surface area contributed by atoms with Gasteiger partial charge >= 0.3 is 0 Å². The Morgan fingerprint density at radius 2 is 2.18 bits per heavy atom. The zero-order chi connectivity index (χ0) is 19.8. The molecule has 0 amide bonds. The second-order valence-corrected chi connectivity index (χ2v) is 8.43. The summed E-state index contributed by atoms with van der Waals surface area (Å²) in [6, 6.07) is 5.05. The second-order valence-electron chi connectivity index (χ2n) is 6.66. The Hall–Kier alpha value is -2.64. The number of nitrogen functional groups attached to an aromatic ring is 1. The summed E-state index contributed by atoms with van der Waals surface area (Å²) >= 11 is 0. The highest BCUT2D eigenvalue weighted by Crippen LogP contribution is 2.22. The van der Waals surface area contributed by atoms with E-state index in [1.165, 1.54) is 16.8 Å². The molecule has 148 valence electrons. The van der Waals surface area contributed by atoms with Crippen molar-refractivity contribution in [3.8, 4) is 11.1 Å². The Kier molecular flexibility index (Phi) is 4.72. The van der Waals surface area contributed by atoms with Crippen LogP contribution in [0.25, 0.3) is 16.8 Å². The van der Waals surface area contributed by atoms with Crippen molar-refractivity contribution in [1.82, 2.24) is 29.6 Å². The van der Waals surface area contributed by atoms with Crippen molar-refractivity contribution in [2.24, 2.45) is 0 Å². The molecule has 4 rings (SSSR count). The van der Waals surface area contributed by atoms with Crippen molar-refractivity contribution in [2.45, 2.75) is 4.90 Å². The Morgan fingerprint density at radius 3 is 2.96 bits per heavy atom. The van der Waals surface area contributed by atoms with E-state index in [0.717, 1.165) is 0 Å². The van der Waals surface area contributed by atoms with E-state index in [9.17, 15) is 13.6 Å². The zero-order valence-corrected chi connectivity index (χ0v) is 15.8. The molecule has 1 atom stereocenters. The standard InChI is InChI=1S/C16H20N8O3S/c17-16-21-15-2-1-12(10-23(15)22-16)13-7-14(9-19-8-13)28(26,27)20-4-6-24(25)5-3-18-11-24/h1-2,7-10,18,20H,3-6,11H2,(H2,17,22). The van der Waals surface area contributed by atoms with Gasteiger partial charge < -0.3 is 15.6 Å².